The number of unbranched alkanes of at least 4 members (excludes halogenated alkanes) is 3. The maximum atomic E-state index is 12.6. The van der Waals surface area contributed by atoms with Gasteiger partial charge in [0.15, 0.2) is 0 Å². The van der Waals surface area contributed by atoms with Crippen LogP contribution in [0.1, 0.15) is 48.9 Å². The summed E-state index contributed by atoms with van der Waals surface area (Å²) in [6.45, 7) is 3.68. The Balaban J connectivity index is 1.05. The molecule has 3 aromatic carbocycles. The molecule has 44 heavy (non-hydrogen) atoms. The van der Waals surface area contributed by atoms with E-state index >= 15 is 0 Å². The van der Waals surface area contributed by atoms with Gasteiger partial charge in [-0.3, -0.25) is 0 Å². The van der Waals surface area contributed by atoms with Gasteiger partial charge in [0.1, 0.15) is 21.0 Å². The van der Waals surface area contributed by atoms with E-state index in [4.69, 9.17) is 14.3 Å². The average Bonchev–Trinajstić information content (AvgIpc) is 3.73. The highest BCUT2D eigenvalue weighted by atomic mass is 32.1. The molecule has 1 aliphatic heterocycles. The van der Waals surface area contributed by atoms with Crippen molar-refractivity contribution in [1.29, 1.82) is 0 Å². The number of benzene rings is 3. The Morgan fingerprint density at radius 1 is 0.841 bits per heavy atom. The largest absolute Gasteiger partial charge is 0.385 e. The molecule has 0 spiro atoms. The number of nitrogens with zero attached hydrogens (tertiary/aromatic N) is 6. The van der Waals surface area contributed by atoms with E-state index in [0.29, 0.717) is 27.7 Å². The summed E-state index contributed by atoms with van der Waals surface area (Å²) in [6.07, 6.45) is 7.11. The first-order chi connectivity index (χ1) is 21.7. The molecule has 0 bridgehead atoms. The molecule has 10 nitrogen and oxygen atoms in total. The van der Waals surface area contributed by atoms with Gasteiger partial charge in [-0.25, -0.2) is 4.79 Å². The number of piperidine rings is 1. The van der Waals surface area contributed by atoms with Gasteiger partial charge >= 0.3 is 5.97 Å². The summed E-state index contributed by atoms with van der Waals surface area (Å²) in [5.41, 5.74) is 4.58. The molecule has 0 amide bonds. The minimum Gasteiger partial charge on any atom is -0.385 e. The molecule has 228 valence electrons. The summed E-state index contributed by atoms with van der Waals surface area (Å²) in [7, 11) is 1.76. The first-order valence-corrected chi connectivity index (χ1v) is 15.9. The first kappa shape index (κ1) is 29.9. The zero-order chi connectivity index (χ0) is 30.1. The lowest BCUT2D eigenvalue weighted by Crippen LogP contribution is -2.37. The minimum absolute atomic E-state index is 0.353. The van der Waals surface area contributed by atoms with Gasteiger partial charge in [-0.15, -0.1) is 15.3 Å². The fourth-order valence-electron chi connectivity index (χ4n) is 5.37. The number of hydrogen-bond donors (Lipinski definition) is 0. The SMILES string of the molecule is COCCCCCCOC1CCN(c2ccc(-c3nnc(-c4cccc5c4nnn5OC(=O)c4ccccc4)s3)cc2)CC1. The van der Waals surface area contributed by atoms with E-state index in [9.17, 15) is 4.79 Å². The number of rotatable bonds is 13. The van der Waals surface area contributed by atoms with Crippen molar-refractivity contribution in [3.63, 3.8) is 0 Å². The number of hydrogen-bond acceptors (Lipinski definition) is 10. The van der Waals surface area contributed by atoms with Crippen molar-refractivity contribution in [3.05, 3.63) is 78.4 Å². The van der Waals surface area contributed by atoms with Crippen LogP contribution < -0.4 is 9.74 Å². The molecule has 0 radical (unpaired) electrons. The van der Waals surface area contributed by atoms with E-state index in [0.717, 1.165) is 73.0 Å². The third-order valence-corrected chi connectivity index (χ3v) is 8.80. The number of ether oxygens (including phenoxy) is 2. The molecule has 0 saturated carbocycles. The van der Waals surface area contributed by atoms with Gasteiger partial charge in [0.25, 0.3) is 0 Å². The summed E-state index contributed by atoms with van der Waals surface area (Å²) in [5, 5.41) is 18.8. The van der Waals surface area contributed by atoms with Crippen LogP contribution >= 0.6 is 11.3 Å². The number of aromatic nitrogens is 5. The quantitative estimate of drug-likeness (QED) is 0.116. The molecule has 0 N–H and O–H groups in total. The van der Waals surface area contributed by atoms with Gasteiger partial charge < -0.3 is 19.2 Å². The standard InChI is InChI=1S/C33H36N6O4S/c1-41-22-7-2-3-8-23-42-27-18-20-38(21-19-27)26-16-14-24(15-17-26)31-35-36-32(44-31)28-12-9-13-29-30(28)34-37-39(29)43-33(40)25-10-5-4-6-11-25/h4-6,9-17,27H,2-3,7-8,18-23H2,1H3. The highest BCUT2D eigenvalue weighted by molar-refractivity contribution is 7.18. The lowest BCUT2D eigenvalue weighted by atomic mass is 10.1. The Morgan fingerprint density at radius 3 is 2.36 bits per heavy atom. The average molecular weight is 613 g/mol. The molecule has 11 heteroatoms. The second-order valence-electron chi connectivity index (χ2n) is 10.8. The van der Waals surface area contributed by atoms with E-state index in [2.05, 4.69) is 49.7 Å². The fourth-order valence-corrected chi connectivity index (χ4v) is 6.24. The number of carbonyl (C=O) groups excluding carboxylic acids is 1. The second kappa shape index (κ2) is 14.5. The third-order valence-electron chi connectivity index (χ3n) is 7.80. The predicted molar refractivity (Wildman–Crippen MR) is 171 cm³/mol. The zero-order valence-corrected chi connectivity index (χ0v) is 25.6. The molecule has 0 aliphatic carbocycles. The highest BCUT2D eigenvalue weighted by Crippen LogP contribution is 2.34. The molecule has 0 unspecified atom stereocenters. The Kier molecular flexibility index (Phi) is 9.86. The molecule has 3 heterocycles. The van der Waals surface area contributed by atoms with E-state index < -0.39 is 5.97 Å². The van der Waals surface area contributed by atoms with Crippen LogP contribution in [0.5, 0.6) is 0 Å². The summed E-state index contributed by atoms with van der Waals surface area (Å²) < 4.78 is 11.3. The van der Waals surface area contributed by atoms with Crippen LogP contribution in [0.3, 0.4) is 0 Å². The van der Waals surface area contributed by atoms with E-state index in [1.807, 2.05) is 18.2 Å². The molecule has 2 aromatic heterocycles. The number of carbonyl (C=O) groups is 1. The Morgan fingerprint density at radius 2 is 1.59 bits per heavy atom. The maximum absolute atomic E-state index is 12.6. The Bertz CT molecular complexity index is 1650. The smallest absolute Gasteiger partial charge is 0.365 e. The predicted octanol–water partition coefficient (Wildman–Crippen LogP) is 6.08. The van der Waals surface area contributed by atoms with Crippen LogP contribution in [0.25, 0.3) is 32.2 Å². The van der Waals surface area contributed by atoms with Gasteiger partial charge in [0, 0.05) is 50.2 Å². The lowest BCUT2D eigenvalue weighted by molar-refractivity contribution is 0.0345. The number of methoxy groups -OCH3 is 1. The van der Waals surface area contributed by atoms with Crippen molar-refractivity contribution in [2.45, 2.75) is 44.6 Å². The van der Waals surface area contributed by atoms with Crippen molar-refractivity contribution in [3.8, 4) is 21.1 Å². The van der Waals surface area contributed by atoms with E-state index in [1.165, 1.54) is 29.9 Å². The first-order valence-electron chi connectivity index (χ1n) is 15.1. The Labute approximate surface area is 260 Å². The van der Waals surface area contributed by atoms with Crippen molar-refractivity contribution >= 4 is 34.0 Å². The molecule has 0 atom stereocenters. The molecule has 5 aromatic rings. The number of fused-ring (bicyclic) bond motifs is 1. The van der Waals surface area contributed by atoms with Crippen molar-refractivity contribution in [2.24, 2.45) is 0 Å². The van der Waals surface area contributed by atoms with E-state index in [1.54, 1.807) is 37.4 Å². The van der Waals surface area contributed by atoms with Crippen LogP contribution in [0, 0.1) is 0 Å². The number of anilines is 1. The topological polar surface area (TPSA) is 104 Å². The van der Waals surface area contributed by atoms with Crippen molar-refractivity contribution in [2.75, 3.05) is 38.3 Å². The monoisotopic (exact) mass is 612 g/mol. The second-order valence-corrected chi connectivity index (χ2v) is 11.8. The molecular formula is C33H36N6O4S. The van der Waals surface area contributed by atoms with Crippen molar-refractivity contribution < 1.29 is 19.1 Å². The van der Waals surface area contributed by atoms with Gasteiger partial charge in [0.05, 0.1) is 11.7 Å². The normalized spacial score (nSPS) is 13.9. The van der Waals surface area contributed by atoms with Crippen LogP contribution in [-0.4, -0.2) is 70.8 Å². The maximum Gasteiger partial charge on any atom is 0.365 e. The minimum atomic E-state index is -0.512. The van der Waals surface area contributed by atoms with Gasteiger partial charge in [-0.1, -0.05) is 53.3 Å². The third kappa shape index (κ3) is 7.12. The molecule has 1 fully saturated rings. The summed E-state index contributed by atoms with van der Waals surface area (Å²) >= 11 is 1.49. The van der Waals surface area contributed by atoms with E-state index in [-0.39, 0.29) is 0 Å². The molecule has 1 saturated heterocycles. The molecule has 6 rings (SSSR count). The zero-order valence-electron chi connectivity index (χ0n) is 24.8. The summed E-state index contributed by atoms with van der Waals surface area (Å²) in [4.78, 5) is 21.6. The van der Waals surface area contributed by atoms with Crippen LogP contribution in [0.15, 0.2) is 72.8 Å². The summed E-state index contributed by atoms with van der Waals surface area (Å²) in [6, 6.07) is 22.9. The summed E-state index contributed by atoms with van der Waals surface area (Å²) in [5.74, 6) is -0.512. The van der Waals surface area contributed by atoms with Gasteiger partial charge in [-0.2, -0.15) is 0 Å². The lowest BCUT2D eigenvalue weighted by Gasteiger charge is -2.33. The highest BCUT2D eigenvalue weighted by Gasteiger charge is 2.21. The molecular weight excluding hydrogens is 576 g/mol. The van der Waals surface area contributed by atoms with Gasteiger partial charge in [-0.05, 0) is 79.4 Å². The fraction of sp³-hybridized carbons (Fsp3) is 0.364. The Hall–Kier alpha value is -4.19. The van der Waals surface area contributed by atoms with Crippen molar-refractivity contribution in [1.82, 2.24) is 25.4 Å². The van der Waals surface area contributed by atoms with Gasteiger partial charge in [0.2, 0.25) is 0 Å². The van der Waals surface area contributed by atoms with Crippen LogP contribution in [0.4, 0.5) is 5.69 Å². The van der Waals surface area contributed by atoms with Crippen LogP contribution in [0.2, 0.25) is 0 Å². The van der Waals surface area contributed by atoms with Crippen LogP contribution in [-0.2, 0) is 9.47 Å². The molecule has 1 aliphatic rings.